The molecule has 0 unspecified atom stereocenters. The Kier molecular flexibility index (Phi) is 8.17. The van der Waals surface area contributed by atoms with Crippen LogP contribution in [0.5, 0.6) is 0 Å². The number of hydrogen-bond acceptors (Lipinski definition) is 5. The van der Waals surface area contributed by atoms with Crippen molar-refractivity contribution in [3.05, 3.63) is 88.7 Å². The Bertz CT molecular complexity index is 1760. The van der Waals surface area contributed by atoms with Crippen LogP contribution in [0, 0.1) is 6.92 Å². The molecule has 0 atom stereocenters. The molecule has 0 amide bonds. The van der Waals surface area contributed by atoms with E-state index in [2.05, 4.69) is 66.5 Å². The minimum absolute atomic E-state index is 0.0796. The number of pyridine rings is 1. The number of carbonyl (C=O) groups excluding carboxylic acids is 2. The van der Waals surface area contributed by atoms with Gasteiger partial charge < -0.3 is 14.5 Å². The van der Waals surface area contributed by atoms with Crippen LogP contribution in [0.4, 0.5) is 0 Å². The first-order valence-electron chi connectivity index (χ1n) is 14.7. The molecule has 216 valence electrons. The van der Waals surface area contributed by atoms with Gasteiger partial charge in [-0.25, -0.2) is 9.59 Å². The number of carbonyl (C=O) groups is 2. The molecule has 2 aromatic heterocycles. The molecular formula is C36H38N2O4. The molecule has 0 fully saturated rings. The molecule has 3 aromatic carbocycles. The first-order chi connectivity index (χ1) is 20.1. The van der Waals surface area contributed by atoms with Crippen LogP contribution in [0.3, 0.4) is 0 Å². The fourth-order valence-electron chi connectivity index (χ4n) is 5.66. The Hall–Kier alpha value is -4.45. The van der Waals surface area contributed by atoms with Gasteiger partial charge in [0.2, 0.25) is 0 Å². The highest BCUT2D eigenvalue weighted by molar-refractivity contribution is 6.08. The van der Waals surface area contributed by atoms with Crippen molar-refractivity contribution in [1.82, 2.24) is 9.97 Å². The molecule has 0 aliphatic rings. The van der Waals surface area contributed by atoms with E-state index >= 15 is 0 Å². The number of fused-ring (bicyclic) bond motifs is 2. The zero-order valence-corrected chi connectivity index (χ0v) is 25.4. The van der Waals surface area contributed by atoms with Crippen LogP contribution in [-0.4, -0.2) is 35.1 Å². The van der Waals surface area contributed by atoms with Gasteiger partial charge in [-0.1, -0.05) is 70.2 Å². The molecule has 6 heteroatoms. The number of benzene rings is 3. The first-order valence-corrected chi connectivity index (χ1v) is 14.7. The smallest absolute Gasteiger partial charge is 0.340 e. The van der Waals surface area contributed by atoms with Gasteiger partial charge in [-0.3, -0.25) is 4.98 Å². The minimum atomic E-state index is -0.504. The van der Waals surface area contributed by atoms with E-state index in [4.69, 9.17) is 14.5 Å². The SMILES string of the molecule is CCOC(=O)c1c(C(C)C)nc(C(C)C)c(C(=O)OCC)c1-c1cc2ccc(-c3cc(C)c4ccccc4c3)cc2[nH]1. The number of aromatic amines is 1. The Morgan fingerprint density at radius 3 is 1.98 bits per heavy atom. The van der Waals surface area contributed by atoms with Crippen LogP contribution in [0.25, 0.3) is 44.1 Å². The quantitative estimate of drug-likeness (QED) is 0.191. The number of rotatable bonds is 8. The zero-order chi connectivity index (χ0) is 30.1. The van der Waals surface area contributed by atoms with E-state index in [1.807, 2.05) is 33.8 Å². The van der Waals surface area contributed by atoms with Crippen molar-refractivity contribution in [2.75, 3.05) is 13.2 Å². The standard InChI is InChI=1S/C36H38N2O4/c1-8-41-35(39)31-30(32(36(40)42-9-2)34(21(5)6)38-33(31)20(3)4)29-19-25-15-14-23(18-28(25)37-29)26-16-22(7)27-13-11-10-12-24(27)17-26/h10-21,37H,8-9H2,1-7H3. The summed E-state index contributed by atoms with van der Waals surface area (Å²) in [6, 6.07) is 21.1. The minimum Gasteiger partial charge on any atom is -0.462 e. The molecule has 5 aromatic rings. The molecule has 0 radical (unpaired) electrons. The van der Waals surface area contributed by atoms with E-state index in [1.54, 1.807) is 13.8 Å². The molecular weight excluding hydrogens is 524 g/mol. The summed E-state index contributed by atoms with van der Waals surface area (Å²) in [5.41, 5.74) is 7.24. The van der Waals surface area contributed by atoms with Crippen LogP contribution in [0.15, 0.2) is 60.7 Å². The largest absolute Gasteiger partial charge is 0.462 e. The van der Waals surface area contributed by atoms with Crippen LogP contribution >= 0.6 is 0 Å². The van der Waals surface area contributed by atoms with Crippen LogP contribution in [-0.2, 0) is 9.47 Å². The maximum absolute atomic E-state index is 13.5. The van der Waals surface area contributed by atoms with Gasteiger partial charge in [0.15, 0.2) is 0 Å². The lowest BCUT2D eigenvalue weighted by atomic mass is 9.89. The topological polar surface area (TPSA) is 81.3 Å². The summed E-state index contributed by atoms with van der Waals surface area (Å²) in [4.78, 5) is 35.5. The normalized spacial score (nSPS) is 11.5. The van der Waals surface area contributed by atoms with Crippen LogP contribution < -0.4 is 0 Å². The van der Waals surface area contributed by atoms with Gasteiger partial charge >= 0.3 is 11.9 Å². The molecule has 0 bridgehead atoms. The van der Waals surface area contributed by atoms with Crippen molar-refractivity contribution in [3.8, 4) is 22.4 Å². The average molecular weight is 563 g/mol. The molecule has 0 aliphatic heterocycles. The summed E-state index contributed by atoms with van der Waals surface area (Å²) in [7, 11) is 0. The maximum atomic E-state index is 13.5. The molecule has 5 rings (SSSR count). The fraction of sp³-hybridized carbons (Fsp3) is 0.306. The van der Waals surface area contributed by atoms with Crippen molar-refractivity contribution in [2.24, 2.45) is 0 Å². The van der Waals surface area contributed by atoms with Gasteiger partial charge in [0, 0.05) is 22.2 Å². The highest BCUT2D eigenvalue weighted by atomic mass is 16.5. The number of hydrogen-bond donors (Lipinski definition) is 1. The van der Waals surface area contributed by atoms with E-state index in [0.717, 1.165) is 22.0 Å². The lowest BCUT2D eigenvalue weighted by Crippen LogP contribution is -2.21. The van der Waals surface area contributed by atoms with Crippen molar-refractivity contribution < 1.29 is 19.1 Å². The van der Waals surface area contributed by atoms with Gasteiger partial charge in [0.05, 0.1) is 35.7 Å². The monoisotopic (exact) mass is 562 g/mol. The average Bonchev–Trinajstić information content (AvgIpc) is 3.39. The fourth-order valence-corrected chi connectivity index (χ4v) is 5.66. The maximum Gasteiger partial charge on any atom is 0.340 e. The third kappa shape index (κ3) is 5.29. The summed E-state index contributed by atoms with van der Waals surface area (Å²) in [5, 5.41) is 3.39. The highest BCUT2D eigenvalue weighted by Crippen LogP contribution is 2.39. The second-order valence-corrected chi connectivity index (χ2v) is 11.3. The molecule has 0 spiro atoms. The van der Waals surface area contributed by atoms with Crippen molar-refractivity contribution in [3.63, 3.8) is 0 Å². The lowest BCUT2D eigenvalue weighted by Gasteiger charge is -2.22. The number of H-pyrrole nitrogens is 1. The van der Waals surface area contributed by atoms with Crippen molar-refractivity contribution in [2.45, 2.75) is 60.3 Å². The van der Waals surface area contributed by atoms with Crippen molar-refractivity contribution in [1.29, 1.82) is 0 Å². The first kappa shape index (κ1) is 29.1. The van der Waals surface area contributed by atoms with E-state index in [-0.39, 0.29) is 25.0 Å². The van der Waals surface area contributed by atoms with Crippen molar-refractivity contribution >= 4 is 33.6 Å². The van der Waals surface area contributed by atoms with E-state index in [1.165, 1.54) is 16.3 Å². The molecule has 2 heterocycles. The molecule has 0 saturated carbocycles. The van der Waals surface area contributed by atoms with Gasteiger partial charge in [-0.05, 0) is 78.3 Å². The Morgan fingerprint density at radius 1 is 0.762 bits per heavy atom. The summed E-state index contributed by atoms with van der Waals surface area (Å²) >= 11 is 0. The molecule has 42 heavy (non-hydrogen) atoms. The molecule has 0 saturated heterocycles. The van der Waals surface area contributed by atoms with Gasteiger partial charge in [0.25, 0.3) is 0 Å². The Balaban J connectivity index is 1.78. The number of esters is 2. The van der Waals surface area contributed by atoms with Crippen LogP contribution in [0.1, 0.15) is 91.0 Å². The lowest BCUT2D eigenvalue weighted by molar-refractivity contribution is 0.0523. The third-order valence-electron chi connectivity index (χ3n) is 7.60. The predicted octanol–water partition coefficient (Wildman–Crippen LogP) is 8.96. The third-order valence-corrected chi connectivity index (χ3v) is 7.60. The summed E-state index contributed by atoms with van der Waals surface area (Å²) < 4.78 is 11.1. The Morgan fingerprint density at radius 2 is 1.38 bits per heavy atom. The van der Waals surface area contributed by atoms with E-state index < -0.39 is 11.9 Å². The number of aromatic nitrogens is 2. The number of nitrogens with zero attached hydrogens (tertiary/aromatic N) is 1. The summed E-state index contributed by atoms with van der Waals surface area (Å²) in [6.45, 7) is 14.1. The second kappa shape index (κ2) is 11.8. The summed E-state index contributed by atoms with van der Waals surface area (Å²) in [6.07, 6.45) is 0. The number of ether oxygens (including phenoxy) is 2. The van der Waals surface area contributed by atoms with Crippen LogP contribution in [0.2, 0.25) is 0 Å². The number of aryl methyl sites for hydroxylation is 1. The summed E-state index contributed by atoms with van der Waals surface area (Å²) in [5.74, 6) is -1.17. The molecule has 0 aliphatic carbocycles. The van der Waals surface area contributed by atoms with E-state index in [9.17, 15) is 9.59 Å². The Labute approximate surface area is 247 Å². The second-order valence-electron chi connectivity index (χ2n) is 11.3. The van der Waals surface area contributed by atoms with Gasteiger partial charge in [0.1, 0.15) is 0 Å². The highest BCUT2D eigenvalue weighted by Gasteiger charge is 2.32. The zero-order valence-electron chi connectivity index (χ0n) is 25.4. The molecule has 1 N–H and O–H groups in total. The van der Waals surface area contributed by atoms with Gasteiger partial charge in [-0.2, -0.15) is 0 Å². The number of nitrogens with one attached hydrogen (secondary N) is 1. The molecule has 6 nitrogen and oxygen atoms in total. The van der Waals surface area contributed by atoms with Gasteiger partial charge in [-0.15, -0.1) is 0 Å². The van der Waals surface area contributed by atoms with E-state index in [0.29, 0.717) is 33.8 Å². The predicted molar refractivity (Wildman–Crippen MR) is 169 cm³/mol.